The third-order valence-electron chi connectivity index (χ3n) is 2.30. The largest absolute Gasteiger partial charge is 0.478 e. The van der Waals surface area contributed by atoms with E-state index in [9.17, 15) is 4.79 Å². The minimum Gasteiger partial charge on any atom is -0.478 e. The number of ether oxygens (including phenoxy) is 2. The lowest BCUT2D eigenvalue weighted by Crippen LogP contribution is -2.23. The summed E-state index contributed by atoms with van der Waals surface area (Å²) in [5, 5.41) is 3.67. The average Bonchev–Trinajstić information content (AvgIpc) is 2.50. The third-order valence-corrected chi connectivity index (χ3v) is 2.30. The molecular weight excluding hydrogens is 276 g/mol. The first-order valence-electron chi connectivity index (χ1n) is 6.17. The van der Waals surface area contributed by atoms with Crippen molar-refractivity contribution in [2.75, 3.05) is 20.8 Å². The molecule has 1 rings (SSSR count). The first kappa shape index (κ1) is 16.4. The molecule has 0 heterocycles. The molecule has 0 aliphatic rings. The van der Waals surface area contributed by atoms with Crippen molar-refractivity contribution in [3.63, 3.8) is 0 Å². The average molecular weight is 294 g/mol. The van der Waals surface area contributed by atoms with Crippen molar-refractivity contribution in [1.29, 1.82) is 0 Å². The van der Waals surface area contributed by atoms with E-state index in [-0.39, 0.29) is 11.6 Å². The fraction of sp³-hybridized carbons (Fsp3) is 0.286. The molecule has 0 aliphatic heterocycles. The van der Waals surface area contributed by atoms with Gasteiger partial charge < -0.3 is 19.1 Å². The number of esters is 1. The quantitative estimate of drug-likeness (QED) is 0.339. The summed E-state index contributed by atoms with van der Waals surface area (Å²) in [5.74, 6) is -0.0494. The minimum absolute atomic E-state index is 0.0144. The second-order valence-electron chi connectivity index (χ2n) is 3.67. The van der Waals surface area contributed by atoms with Gasteiger partial charge in [-0.2, -0.15) is 5.48 Å². The molecular formula is C14H18N2O5. The van der Waals surface area contributed by atoms with Crippen LogP contribution in [0.1, 0.15) is 12.5 Å². The SMILES string of the molecule is C=C(NOc1ccccc1C(=NOC)C(=O)OC)OCC. The van der Waals surface area contributed by atoms with Gasteiger partial charge in [0.2, 0.25) is 5.88 Å². The summed E-state index contributed by atoms with van der Waals surface area (Å²) in [7, 11) is 2.59. The highest BCUT2D eigenvalue weighted by atomic mass is 16.7. The lowest BCUT2D eigenvalue weighted by atomic mass is 10.1. The van der Waals surface area contributed by atoms with Crippen LogP contribution < -0.4 is 10.3 Å². The molecule has 0 spiro atoms. The Morgan fingerprint density at radius 1 is 1.33 bits per heavy atom. The van der Waals surface area contributed by atoms with Crippen molar-refractivity contribution in [1.82, 2.24) is 5.48 Å². The van der Waals surface area contributed by atoms with E-state index in [0.717, 1.165) is 0 Å². The summed E-state index contributed by atoms with van der Waals surface area (Å²) >= 11 is 0. The third kappa shape index (κ3) is 4.72. The number of oxime groups is 1. The number of para-hydroxylation sites is 1. The van der Waals surface area contributed by atoms with Gasteiger partial charge in [0.1, 0.15) is 7.11 Å². The van der Waals surface area contributed by atoms with E-state index in [1.165, 1.54) is 14.2 Å². The number of rotatable bonds is 8. The maximum atomic E-state index is 11.7. The van der Waals surface area contributed by atoms with Gasteiger partial charge in [-0.25, -0.2) is 4.79 Å². The number of nitrogens with zero attached hydrogens (tertiary/aromatic N) is 1. The van der Waals surface area contributed by atoms with E-state index in [1.807, 2.05) is 6.92 Å². The molecule has 0 bridgehead atoms. The second kappa shape index (κ2) is 8.47. The van der Waals surface area contributed by atoms with E-state index < -0.39 is 5.97 Å². The molecule has 7 heteroatoms. The van der Waals surface area contributed by atoms with Gasteiger partial charge in [-0.3, -0.25) is 0 Å². The van der Waals surface area contributed by atoms with E-state index in [4.69, 9.17) is 9.57 Å². The summed E-state index contributed by atoms with van der Waals surface area (Å²) in [6, 6.07) is 6.77. The number of hydrogen-bond donors (Lipinski definition) is 1. The zero-order chi connectivity index (χ0) is 15.7. The van der Waals surface area contributed by atoms with Crippen LogP contribution in [0.25, 0.3) is 0 Å². The van der Waals surface area contributed by atoms with E-state index in [0.29, 0.717) is 17.9 Å². The monoisotopic (exact) mass is 294 g/mol. The molecule has 7 nitrogen and oxygen atoms in total. The van der Waals surface area contributed by atoms with Gasteiger partial charge >= 0.3 is 5.97 Å². The molecule has 1 N–H and O–H groups in total. The number of hydrogen-bond acceptors (Lipinski definition) is 7. The Kier molecular flexibility index (Phi) is 6.59. The molecule has 1 aromatic carbocycles. The summed E-state index contributed by atoms with van der Waals surface area (Å²) < 4.78 is 9.77. The normalized spacial score (nSPS) is 10.5. The number of carbonyl (C=O) groups excluding carboxylic acids is 1. The predicted molar refractivity (Wildman–Crippen MR) is 76.5 cm³/mol. The van der Waals surface area contributed by atoms with Crippen molar-refractivity contribution < 1.29 is 23.9 Å². The van der Waals surface area contributed by atoms with Crippen LogP contribution in [-0.2, 0) is 19.1 Å². The molecule has 0 saturated heterocycles. The van der Waals surface area contributed by atoms with Crippen LogP contribution in [0.5, 0.6) is 5.75 Å². The predicted octanol–water partition coefficient (Wildman–Crippen LogP) is 1.60. The molecule has 0 atom stereocenters. The van der Waals surface area contributed by atoms with Crippen LogP contribution in [0.4, 0.5) is 0 Å². The van der Waals surface area contributed by atoms with Crippen LogP contribution in [-0.4, -0.2) is 32.5 Å². The van der Waals surface area contributed by atoms with E-state index in [1.54, 1.807) is 24.3 Å². The number of hydroxylamine groups is 1. The van der Waals surface area contributed by atoms with Crippen LogP contribution in [0.15, 0.2) is 41.9 Å². The molecule has 0 amide bonds. The first-order valence-corrected chi connectivity index (χ1v) is 6.17. The van der Waals surface area contributed by atoms with Gasteiger partial charge in [-0.15, -0.1) is 0 Å². The molecule has 21 heavy (non-hydrogen) atoms. The molecule has 0 saturated carbocycles. The Morgan fingerprint density at radius 3 is 2.67 bits per heavy atom. The fourth-order valence-corrected chi connectivity index (χ4v) is 1.45. The Labute approximate surface area is 123 Å². The fourth-order valence-electron chi connectivity index (χ4n) is 1.45. The smallest absolute Gasteiger partial charge is 0.360 e. The van der Waals surface area contributed by atoms with Gasteiger partial charge in [-0.05, 0) is 25.6 Å². The number of methoxy groups -OCH3 is 1. The molecule has 0 radical (unpaired) electrons. The van der Waals surface area contributed by atoms with Crippen LogP contribution in [0, 0.1) is 0 Å². The highest BCUT2D eigenvalue weighted by Crippen LogP contribution is 2.19. The van der Waals surface area contributed by atoms with Gasteiger partial charge in [0, 0.05) is 0 Å². The summed E-state index contributed by atoms with van der Waals surface area (Å²) in [6.07, 6.45) is 0. The van der Waals surface area contributed by atoms with Gasteiger partial charge in [0.05, 0.1) is 19.3 Å². The van der Waals surface area contributed by atoms with Crippen molar-refractivity contribution in [2.45, 2.75) is 6.92 Å². The Morgan fingerprint density at radius 2 is 2.05 bits per heavy atom. The van der Waals surface area contributed by atoms with Crippen molar-refractivity contribution >= 4 is 11.7 Å². The Balaban J connectivity index is 2.99. The molecule has 1 aromatic rings. The number of nitrogens with one attached hydrogen (secondary N) is 1. The standard InChI is InChI=1S/C14H18N2O5/c1-5-20-10(2)15-21-12-9-7-6-8-11(12)13(16-19-4)14(17)18-3/h6-9,15H,2,5H2,1,3-4H3. The highest BCUT2D eigenvalue weighted by molar-refractivity contribution is 6.43. The molecule has 0 unspecified atom stereocenters. The Bertz CT molecular complexity index is 528. The van der Waals surface area contributed by atoms with Crippen LogP contribution >= 0.6 is 0 Å². The number of carbonyl (C=O) groups is 1. The zero-order valence-electron chi connectivity index (χ0n) is 12.2. The van der Waals surface area contributed by atoms with Crippen LogP contribution in [0.2, 0.25) is 0 Å². The van der Waals surface area contributed by atoms with Crippen molar-refractivity contribution in [2.24, 2.45) is 5.16 Å². The number of benzene rings is 1. The van der Waals surface area contributed by atoms with Gasteiger partial charge in [0.25, 0.3) is 0 Å². The Hall–Kier alpha value is -2.70. The maximum absolute atomic E-state index is 11.7. The van der Waals surface area contributed by atoms with Crippen LogP contribution in [0.3, 0.4) is 0 Å². The lowest BCUT2D eigenvalue weighted by molar-refractivity contribution is -0.132. The summed E-state index contributed by atoms with van der Waals surface area (Å²) in [6.45, 7) is 5.89. The summed E-state index contributed by atoms with van der Waals surface area (Å²) in [5.41, 5.74) is 2.92. The highest BCUT2D eigenvalue weighted by Gasteiger charge is 2.20. The summed E-state index contributed by atoms with van der Waals surface area (Å²) in [4.78, 5) is 21.8. The zero-order valence-corrected chi connectivity index (χ0v) is 12.2. The molecule has 0 fully saturated rings. The van der Waals surface area contributed by atoms with Crippen molar-refractivity contribution in [3.05, 3.63) is 42.3 Å². The van der Waals surface area contributed by atoms with E-state index in [2.05, 4.69) is 26.8 Å². The molecule has 0 aromatic heterocycles. The van der Waals surface area contributed by atoms with Crippen molar-refractivity contribution in [3.8, 4) is 5.75 Å². The second-order valence-corrected chi connectivity index (χ2v) is 3.67. The van der Waals surface area contributed by atoms with Gasteiger partial charge in [0.15, 0.2) is 11.5 Å². The maximum Gasteiger partial charge on any atom is 0.360 e. The van der Waals surface area contributed by atoms with Gasteiger partial charge in [-0.1, -0.05) is 17.3 Å². The first-order chi connectivity index (χ1) is 10.1. The molecule has 114 valence electrons. The molecule has 0 aliphatic carbocycles. The van der Waals surface area contributed by atoms with E-state index >= 15 is 0 Å². The minimum atomic E-state index is -0.642. The lowest BCUT2D eigenvalue weighted by Gasteiger charge is -2.13. The topological polar surface area (TPSA) is 78.4 Å².